The minimum Gasteiger partial charge on any atom is -0.441 e. The van der Waals surface area contributed by atoms with Gasteiger partial charge in [-0.2, -0.15) is 0 Å². The minimum atomic E-state index is -0.526. The van der Waals surface area contributed by atoms with Crippen LogP contribution in [0.1, 0.15) is 20.7 Å². The molecule has 2 rings (SSSR count). The van der Waals surface area contributed by atoms with Gasteiger partial charge in [-0.1, -0.05) is 41.4 Å². The van der Waals surface area contributed by atoms with E-state index in [2.05, 4.69) is 10.3 Å². The number of benzene rings is 1. The molecule has 108 valence electrons. The lowest BCUT2D eigenvalue weighted by Crippen LogP contribution is -2.27. The van der Waals surface area contributed by atoms with E-state index >= 15 is 0 Å². The molecule has 0 aliphatic rings. The molecule has 1 amide bonds. The number of hydrogen-bond donors (Lipinski definition) is 1. The van der Waals surface area contributed by atoms with E-state index in [1.54, 1.807) is 30.3 Å². The highest BCUT2D eigenvalue weighted by Gasteiger charge is 2.10. The van der Waals surface area contributed by atoms with E-state index in [9.17, 15) is 9.59 Å². The van der Waals surface area contributed by atoms with Crippen LogP contribution in [0.3, 0.4) is 0 Å². The molecule has 0 aliphatic carbocycles. The summed E-state index contributed by atoms with van der Waals surface area (Å²) in [5, 5.41) is 2.64. The van der Waals surface area contributed by atoms with Gasteiger partial charge in [0.05, 0.1) is 5.56 Å². The maximum absolute atomic E-state index is 11.8. The molecule has 1 aromatic heterocycles. The number of carbonyl (C=O) groups is 2. The zero-order valence-electron chi connectivity index (χ0n) is 10.7. The third-order valence-corrected chi connectivity index (χ3v) is 2.86. The summed E-state index contributed by atoms with van der Waals surface area (Å²) in [6, 6.07) is 11.2. The summed E-state index contributed by atoms with van der Waals surface area (Å²) in [7, 11) is 0. The van der Waals surface area contributed by atoms with Crippen molar-refractivity contribution in [1.29, 1.82) is 0 Å². The molecule has 7 heteroatoms. The highest BCUT2D eigenvalue weighted by molar-refractivity contribution is 6.33. The van der Waals surface area contributed by atoms with E-state index in [4.69, 9.17) is 27.9 Å². The molecule has 0 bridgehead atoms. The van der Waals surface area contributed by atoms with Crippen LogP contribution >= 0.6 is 23.2 Å². The third-order valence-electron chi connectivity index (χ3n) is 2.47. The molecule has 1 heterocycles. The second kappa shape index (κ2) is 7.06. The molecule has 2 aromatic rings. The lowest BCUT2D eigenvalue weighted by molar-refractivity contribution is 0.0463. The number of amides is 1. The van der Waals surface area contributed by atoms with Crippen LogP contribution in [0, 0.1) is 0 Å². The van der Waals surface area contributed by atoms with E-state index in [1.165, 1.54) is 12.1 Å². The molecule has 0 atom stereocenters. The predicted molar refractivity (Wildman–Crippen MR) is 78.4 cm³/mol. The number of aromatic nitrogens is 1. The fraction of sp³-hybridized carbons (Fsp3) is 0.0714. The number of esters is 1. The highest BCUT2D eigenvalue weighted by atomic mass is 35.5. The molecule has 1 aromatic carbocycles. The topological polar surface area (TPSA) is 68.3 Å². The first-order chi connectivity index (χ1) is 10.1. The second-order valence-corrected chi connectivity index (χ2v) is 4.72. The van der Waals surface area contributed by atoms with Gasteiger partial charge in [0.2, 0.25) is 0 Å². The zero-order valence-corrected chi connectivity index (χ0v) is 12.2. The van der Waals surface area contributed by atoms with Crippen molar-refractivity contribution in [2.75, 3.05) is 6.73 Å². The first kappa shape index (κ1) is 15.3. The van der Waals surface area contributed by atoms with Crippen LogP contribution in [0.5, 0.6) is 0 Å². The molecule has 0 fully saturated rings. The van der Waals surface area contributed by atoms with Crippen molar-refractivity contribution in [3.8, 4) is 0 Å². The van der Waals surface area contributed by atoms with Gasteiger partial charge in [-0.3, -0.25) is 4.79 Å². The van der Waals surface area contributed by atoms with Gasteiger partial charge in [0.1, 0.15) is 10.3 Å². The van der Waals surface area contributed by atoms with Crippen molar-refractivity contribution < 1.29 is 14.3 Å². The second-order valence-electron chi connectivity index (χ2n) is 3.95. The van der Waals surface area contributed by atoms with Gasteiger partial charge in [-0.25, -0.2) is 9.78 Å². The number of nitrogens with zero attached hydrogens (tertiary/aromatic N) is 1. The summed E-state index contributed by atoms with van der Waals surface area (Å²) >= 11 is 11.4. The van der Waals surface area contributed by atoms with Crippen molar-refractivity contribution in [3.63, 3.8) is 0 Å². The van der Waals surface area contributed by atoms with Crippen LogP contribution in [0.25, 0.3) is 0 Å². The van der Waals surface area contributed by atoms with Crippen LogP contribution < -0.4 is 5.32 Å². The molecule has 0 unspecified atom stereocenters. The van der Waals surface area contributed by atoms with E-state index in [0.717, 1.165) is 0 Å². The molecule has 21 heavy (non-hydrogen) atoms. The average Bonchev–Trinajstić information content (AvgIpc) is 2.47. The number of halogens is 2. The van der Waals surface area contributed by atoms with E-state index < -0.39 is 11.9 Å². The molecule has 0 saturated heterocycles. The maximum atomic E-state index is 11.8. The molecular weight excluding hydrogens is 315 g/mol. The van der Waals surface area contributed by atoms with Gasteiger partial charge >= 0.3 is 5.97 Å². The monoisotopic (exact) mass is 324 g/mol. The number of hydrogen-bond acceptors (Lipinski definition) is 4. The van der Waals surface area contributed by atoms with Crippen LogP contribution in [0.15, 0.2) is 42.5 Å². The Labute approximate surface area is 130 Å². The molecule has 0 radical (unpaired) electrons. The van der Waals surface area contributed by atoms with Gasteiger partial charge in [-0.15, -0.1) is 0 Å². The highest BCUT2D eigenvalue weighted by Crippen LogP contribution is 2.14. The fourth-order valence-electron chi connectivity index (χ4n) is 1.52. The lowest BCUT2D eigenvalue weighted by atomic mass is 10.2. The number of ether oxygens (including phenoxy) is 1. The van der Waals surface area contributed by atoms with Crippen LogP contribution in [0.4, 0.5) is 0 Å². The fourth-order valence-corrected chi connectivity index (χ4v) is 1.98. The standard InChI is InChI=1S/C14H10Cl2N2O3/c15-11-6-10(7-12(16)18-11)13(19)17-8-21-14(20)9-4-2-1-3-5-9/h1-7H,8H2,(H,17,19). The van der Waals surface area contributed by atoms with E-state index in [1.807, 2.05) is 0 Å². The summed E-state index contributed by atoms with van der Waals surface area (Å²) in [4.78, 5) is 27.2. The van der Waals surface area contributed by atoms with Crippen LogP contribution in [-0.4, -0.2) is 23.6 Å². The van der Waals surface area contributed by atoms with Crippen molar-refractivity contribution >= 4 is 35.1 Å². The Balaban J connectivity index is 1.88. The van der Waals surface area contributed by atoms with E-state index in [0.29, 0.717) is 5.56 Å². The SMILES string of the molecule is O=C(NCOC(=O)c1ccccc1)c1cc(Cl)nc(Cl)c1. The molecular formula is C14H10Cl2N2O3. The first-order valence-corrected chi connectivity index (χ1v) is 6.65. The Kier molecular flexibility index (Phi) is 5.14. The summed E-state index contributed by atoms with van der Waals surface area (Å²) in [5.74, 6) is -0.997. The van der Waals surface area contributed by atoms with Gasteiger partial charge in [0.25, 0.3) is 5.91 Å². The third kappa shape index (κ3) is 4.44. The van der Waals surface area contributed by atoms with Gasteiger partial charge in [0, 0.05) is 5.56 Å². The first-order valence-electron chi connectivity index (χ1n) is 5.90. The molecule has 1 N–H and O–H groups in total. The molecule has 0 saturated carbocycles. The predicted octanol–water partition coefficient (Wildman–Crippen LogP) is 2.93. The number of nitrogens with one attached hydrogen (secondary N) is 1. The number of pyridine rings is 1. The molecule has 0 aliphatic heterocycles. The lowest BCUT2D eigenvalue weighted by Gasteiger charge is -2.07. The smallest absolute Gasteiger partial charge is 0.339 e. The van der Waals surface area contributed by atoms with Crippen molar-refractivity contribution in [3.05, 3.63) is 63.9 Å². The molecule has 5 nitrogen and oxygen atoms in total. The maximum Gasteiger partial charge on any atom is 0.339 e. The quantitative estimate of drug-likeness (QED) is 0.533. The largest absolute Gasteiger partial charge is 0.441 e. The van der Waals surface area contributed by atoms with Crippen molar-refractivity contribution in [1.82, 2.24) is 10.3 Å². The summed E-state index contributed by atoms with van der Waals surface area (Å²) in [6.45, 7) is -0.260. The summed E-state index contributed by atoms with van der Waals surface area (Å²) in [6.07, 6.45) is 0. The Bertz CT molecular complexity index is 642. The summed E-state index contributed by atoms with van der Waals surface area (Å²) in [5.41, 5.74) is 0.637. The van der Waals surface area contributed by atoms with Gasteiger partial charge < -0.3 is 10.1 Å². The zero-order chi connectivity index (χ0) is 15.2. The summed E-state index contributed by atoms with van der Waals surface area (Å²) < 4.78 is 4.93. The Hall–Kier alpha value is -2.11. The van der Waals surface area contributed by atoms with Crippen LogP contribution in [0.2, 0.25) is 10.3 Å². The van der Waals surface area contributed by atoms with Gasteiger partial charge in [-0.05, 0) is 24.3 Å². The normalized spacial score (nSPS) is 10.0. The van der Waals surface area contributed by atoms with Crippen LogP contribution in [-0.2, 0) is 4.74 Å². The van der Waals surface area contributed by atoms with Crippen molar-refractivity contribution in [2.45, 2.75) is 0 Å². The number of carbonyl (C=O) groups excluding carboxylic acids is 2. The number of rotatable bonds is 4. The Morgan fingerprint density at radius 1 is 1.05 bits per heavy atom. The van der Waals surface area contributed by atoms with Gasteiger partial charge in [0.15, 0.2) is 6.73 Å². The van der Waals surface area contributed by atoms with Crippen molar-refractivity contribution in [2.24, 2.45) is 0 Å². The Morgan fingerprint density at radius 2 is 1.67 bits per heavy atom. The Morgan fingerprint density at radius 3 is 2.29 bits per heavy atom. The molecule has 0 spiro atoms. The van der Waals surface area contributed by atoms with E-state index in [-0.39, 0.29) is 22.6 Å². The minimum absolute atomic E-state index is 0.105. The average molecular weight is 325 g/mol.